The van der Waals surface area contributed by atoms with Crippen molar-refractivity contribution in [1.82, 2.24) is 0 Å². The minimum atomic E-state index is -3.12. The van der Waals surface area contributed by atoms with Crippen LogP contribution in [0, 0.1) is 6.92 Å². The molecule has 1 heteroatoms. The highest BCUT2D eigenvalue weighted by molar-refractivity contribution is 6.74. The van der Waals surface area contributed by atoms with E-state index in [1.807, 2.05) is 0 Å². The largest absolute Gasteiger partial charge is 0.185 e. The van der Waals surface area contributed by atoms with Gasteiger partial charge in [-0.05, 0) is 52.5 Å². The van der Waals surface area contributed by atoms with Crippen molar-refractivity contribution in [3.8, 4) is 11.1 Å². The first-order chi connectivity index (χ1) is 20.1. The molecule has 1 aliphatic heterocycles. The van der Waals surface area contributed by atoms with Crippen molar-refractivity contribution >= 4 is 22.9 Å². The van der Waals surface area contributed by atoms with Gasteiger partial charge < -0.3 is 0 Å². The number of hydrogen-bond acceptors (Lipinski definition) is 0. The molecule has 0 atom stereocenters. The van der Waals surface area contributed by atoms with Gasteiger partial charge in [0.25, 0.3) is 0 Å². The molecule has 0 aliphatic carbocycles. The first-order valence-electron chi connectivity index (χ1n) is 16.9. The molecule has 0 fully saturated rings. The van der Waals surface area contributed by atoms with E-state index in [-0.39, 0.29) is 10.9 Å². The Kier molecular flexibility index (Phi) is 1.33. The Morgan fingerprint density at radius 3 is 2.46 bits per heavy atom. The van der Waals surface area contributed by atoms with E-state index in [2.05, 4.69) is 0 Å². The number of hydrogen-bond donors (Lipinski definition) is 0. The van der Waals surface area contributed by atoms with Crippen LogP contribution in [0.2, 0.25) is 0 Å². The molecule has 124 valence electrons. The average Bonchev–Trinajstić information content (AvgIpc) is 2.94. The van der Waals surface area contributed by atoms with E-state index in [4.69, 9.17) is 19.2 Å². The smallest absolute Gasteiger partial charge is 0.0717 e. The van der Waals surface area contributed by atoms with Gasteiger partial charge in [0.1, 0.15) is 0 Å². The van der Waals surface area contributed by atoms with Gasteiger partial charge in [-0.1, -0.05) is 95.6 Å². The molecule has 0 saturated carbocycles. The lowest BCUT2D eigenvalue weighted by Crippen LogP contribution is -2.39. The van der Waals surface area contributed by atoms with Crippen LogP contribution >= 0.6 is 0 Å². The molecule has 0 amide bonds. The topological polar surface area (TPSA) is 0 Å². The van der Waals surface area contributed by atoms with Crippen molar-refractivity contribution in [2.45, 2.75) is 19.5 Å². The molecule has 0 aromatic heterocycles. The van der Waals surface area contributed by atoms with Crippen LogP contribution in [0.25, 0.3) is 21.9 Å². The van der Waals surface area contributed by atoms with E-state index in [1.54, 1.807) is 0 Å². The van der Waals surface area contributed by atoms with Crippen LogP contribution in [0.1, 0.15) is 41.4 Å². The van der Waals surface area contributed by atoms with Crippen LogP contribution in [0.4, 0.5) is 0 Å². The first-order valence-corrected chi connectivity index (χ1v) is 7.87. The Labute approximate surface area is 180 Å². The van der Waals surface area contributed by atoms with E-state index < -0.39 is 137 Å². The Hall–Kier alpha value is -2.80. The molecule has 0 bridgehead atoms. The predicted octanol–water partition coefficient (Wildman–Crippen LogP) is 5.39. The standard InChI is InChI=1S/C25H21B/c1-18-14-20-10-7-11-21-16-26(17-22(15-18)25(20)21)24-13-6-5-12-23(24)19-8-3-2-4-9-19/h2-15H,16-17H2,1H3/i2D,3D,4D,5D,6D,7D,8D,9D,10D,11D,12D,13D,14D,15D,16D2,17D2. The summed E-state index contributed by atoms with van der Waals surface area (Å²) in [6.45, 7) is -1.03. The normalized spacial score (nSPS) is 26.9. The maximum Gasteiger partial charge on any atom is 0.185 e. The van der Waals surface area contributed by atoms with E-state index >= 15 is 0 Å². The van der Waals surface area contributed by atoms with Crippen molar-refractivity contribution in [1.29, 1.82) is 0 Å². The molecular formula is C25H21B. The second kappa shape index (κ2) is 6.18. The van der Waals surface area contributed by atoms with Crippen LogP contribution < -0.4 is 5.46 Å². The fraction of sp³-hybridized carbons (Fsp3) is 0.120. The first kappa shape index (κ1) is 5.60. The van der Waals surface area contributed by atoms with Gasteiger partial charge in [0, 0.05) is 5.48 Å². The predicted molar refractivity (Wildman–Crippen MR) is 113 cm³/mol. The van der Waals surface area contributed by atoms with E-state index in [0.717, 1.165) is 0 Å². The highest BCUT2D eigenvalue weighted by atomic mass is 14.1. The maximum absolute atomic E-state index is 9.30. The Balaban J connectivity index is 2.09. The van der Waals surface area contributed by atoms with Gasteiger partial charge in [-0.2, -0.15) is 0 Å². The van der Waals surface area contributed by atoms with Gasteiger partial charge >= 0.3 is 0 Å². The molecule has 4 aromatic rings. The minimum Gasteiger partial charge on any atom is -0.0717 e. The molecule has 0 N–H and O–H groups in total. The Bertz CT molecular complexity index is 1880. The molecule has 1 aliphatic rings. The zero-order chi connectivity index (χ0) is 33.3. The SMILES string of the molecule is [2H]c1c([2H])c([2H])c(-c2c([2H])c([2H])c([2H])c([2H])c2B2C([2H])([2H])c3c([2H])c([2H])c([2H])c4c([2H])c(C)c([2H])c(c34)C2([2H])[2H])c([2H])c1[2H]. The monoisotopic (exact) mass is 350 g/mol. The third-order valence-corrected chi connectivity index (χ3v) is 4.08. The van der Waals surface area contributed by atoms with Gasteiger partial charge in [-0.15, -0.1) is 0 Å². The molecule has 1 heterocycles. The quantitative estimate of drug-likeness (QED) is 0.425. The van der Waals surface area contributed by atoms with Crippen LogP contribution in [0.3, 0.4) is 0 Å². The van der Waals surface area contributed by atoms with Crippen LogP contribution in [0.5, 0.6) is 0 Å². The molecule has 0 unspecified atom stereocenters. The molecule has 5 rings (SSSR count). The summed E-state index contributed by atoms with van der Waals surface area (Å²) < 4.78 is 155. The molecule has 0 spiro atoms. The van der Waals surface area contributed by atoms with Gasteiger partial charge in [0.05, 0.1) is 19.2 Å². The van der Waals surface area contributed by atoms with Crippen LogP contribution in [-0.2, 0) is 12.5 Å². The summed E-state index contributed by atoms with van der Waals surface area (Å²) >= 11 is 0. The van der Waals surface area contributed by atoms with Gasteiger partial charge in [0.2, 0.25) is 0 Å². The molecule has 4 aromatic carbocycles. The average molecular weight is 350 g/mol. The van der Waals surface area contributed by atoms with Crippen LogP contribution in [0.15, 0.2) is 84.6 Å². The van der Waals surface area contributed by atoms with E-state index in [1.165, 1.54) is 6.92 Å². The lowest BCUT2D eigenvalue weighted by Gasteiger charge is -2.25. The van der Waals surface area contributed by atoms with E-state index in [0.29, 0.717) is 0 Å². The van der Waals surface area contributed by atoms with Gasteiger partial charge in [-0.25, -0.2) is 0 Å². The number of rotatable bonds is 2. The molecule has 0 saturated heterocycles. The summed E-state index contributed by atoms with van der Waals surface area (Å²) in [5.41, 5.74) is -3.60. The summed E-state index contributed by atoms with van der Waals surface area (Å²) in [7, 11) is 0. The van der Waals surface area contributed by atoms with Gasteiger partial charge in [0.15, 0.2) is 6.71 Å². The second-order valence-corrected chi connectivity index (χ2v) is 5.76. The highest BCUT2D eigenvalue weighted by Gasteiger charge is 2.27. The molecular weight excluding hydrogens is 311 g/mol. The molecule has 0 radical (unpaired) electrons. The fourth-order valence-electron chi connectivity index (χ4n) is 3.02. The van der Waals surface area contributed by atoms with Crippen molar-refractivity contribution in [3.63, 3.8) is 0 Å². The third kappa shape index (κ3) is 2.56. The summed E-state index contributed by atoms with van der Waals surface area (Å²) in [5.74, 6) is 0. The van der Waals surface area contributed by atoms with Crippen molar-refractivity contribution in [2.24, 2.45) is 0 Å². The second-order valence-electron chi connectivity index (χ2n) is 5.76. The van der Waals surface area contributed by atoms with Gasteiger partial charge in [-0.3, -0.25) is 0 Å². The molecule has 0 nitrogen and oxygen atoms in total. The minimum absolute atomic E-state index is 0.116. The molecule has 26 heavy (non-hydrogen) atoms. The van der Waals surface area contributed by atoms with E-state index in [9.17, 15) is 5.48 Å². The van der Waals surface area contributed by atoms with Crippen molar-refractivity contribution < 1.29 is 24.7 Å². The Morgan fingerprint density at radius 2 is 1.58 bits per heavy atom. The van der Waals surface area contributed by atoms with Crippen molar-refractivity contribution in [3.05, 3.63) is 101 Å². The third-order valence-electron chi connectivity index (χ3n) is 4.08. The lowest BCUT2D eigenvalue weighted by atomic mass is 9.36. The highest BCUT2D eigenvalue weighted by Crippen LogP contribution is 2.31. The summed E-state index contributed by atoms with van der Waals surface area (Å²) in [6.07, 6.45) is -6.18. The summed E-state index contributed by atoms with van der Waals surface area (Å²) in [5, 5.41) is -0.774. The summed E-state index contributed by atoms with van der Waals surface area (Å²) in [6, 6.07) is -11.3. The van der Waals surface area contributed by atoms with Crippen molar-refractivity contribution in [2.75, 3.05) is 0 Å². The Morgan fingerprint density at radius 1 is 0.808 bits per heavy atom. The lowest BCUT2D eigenvalue weighted by molar-refractivity contribution is 1.24. The zero-order valence-electron chi connectivity index (χ0n) is 31.6. The number of benzene rings is 4. The summed E-state index contributed by atoms with van der Waals surface area (Å²) in [4.78, 5) is 0. The maximum atomic E-state index is 9.30. The fourth-order valence-corrected chi connectivity index (χ4v) is 3.02. The van der Waals surface area contributed by atoms with Crippen LogP contribution in [-0.4, -0.2) is 6.71 Å². The zero-order valence-corrected chi connectivity index (χ0v) is 13.6.